The Hall–Kier alpha value is -3.71. The Morgan fingerprint density at radius 3 is 2.33 bits per heavy atom. The average Bonchev–Trinajstić information content (AvgIpc) is 3.37. The number of halogens is 1. The lowest BCUT2D eigenvalue weighted by atomic mass is 9.98. The van der Waals surface area contributed by atoms with E-state index in [1.54, 1.807) is 17.5 Å². The molecule has 7 heteroatoms. The number of rotatable bonds is 6. The molecule has 1 aliphatic carbocycles. The summed E-state index contributed by atoms with van der Waals surface area (Å²) in [5, 5.41) is 14.5. The lowest BCUT2D eigenvalue weighted by Gasteiger charge is -2.17. The van der Waals surface area contributed by atoms with E-state index in [1.165, 1.54) is 17.4 Å². The number of carboxylic acids is 1. The van der Waals surface area contributed by atoms with E-state index in [9.17, 15) is 19.1 Å². The summed E-state index contributed by atoms with van der Waals surface area (Å²) in [4.78, 5) is 24.3. The first-order valence-corrected chi connectivity index (χ1v) is 11.4. The largest absolute Gasteiger partial charge is 0.480 e. The van der Waals surface area contributed by atoms with Gasteiger partial charge in [0.25, 0.3) is 0 Å². The maximum absolute atomic E-state index is 14.0. The fraction of sp³-hybridized carbons (Fsp3) is 0.154. The molecule has 166 valence electrons. The van der Waals surface area contributed by atoms with E-state index in [4.69, 9.17) is 4.74 Å². The van der Waals surface area contributed by atoms with Crippen molar-refractivity contribution < 1.29 is 23.8 Å². The molecule has 5 nitrogen and oxygen atoms in total. The highest BCUT2D eigenvalue weighted by Crippen LogP contribution is 2.44. The van der Waals surface area contributed by atoms with Gasteiger partial charge in [0.2, 0.25) is 0 Å². The van der Waals surface area contributed by atoms with Gasteiger partial charge >= 0.3 is 12.1 Å². The van der Waals surface area contributed by atoms with Crippen LogP contribution < -0.4 is 5.32 Å². The Morgan fingerprint density at radius 1 is 1.00 bits per heavy atom. The third-order valence-electron chi connectivity index (χ3n) is 5.99. The zero-order chi connectivity index (χ0) is 22.9. The maximum Gasteiger partial charge on any atom is 0.407 e. The number of benzene rings is 3. The highest BCUT2D eigenvalue weighted by atomic mass is 32.1. The monoisotopic (exact) mass is 461 g/mol. The summed E-state index contributed by atoms with van der Waals surface area (Å²) in [6.45, 7) is 0.0960. The summed E-state index contributed by atoms with van der Waals surface area (Å²) in [5.41, 5.74) is 5.05. The Balaban J connectivity index is 1.29. The fourth-order valence-electron chi connectivity index (χ4n) is 4.44. The number of hydrogen-bond donors (Lipinski definition) is 2. The van der Waals surface area contributed by atoms with Gasteiger partial charge in [-0.2, -0.15) is 0 Å². The number of carbonyl (C=O) groups is 2. The minimum atomic E-state index is -1.19. The van der Waals surface area contributed by atoms with E-state index >= 15 is 0 Å². The number of aliphatic carboxylic acids is 1. The molecule has 1 amide bonds. The van der Waals surface area contributed by atoms with E-state index in [2.05, 4.69) is 5.32 Å². The molecule has 0 radical (unpaired) electrons. The molecule has 4 aromatic rings. The molecule has 0 unspecified atom stereocenters. The van der Waals surface area contributed by atoms with Crippen LogP contribution in [0.15, 0.2) is 72.1 Å². The first kappa shape index (κ1) is 21.2. The van der Waals surface area contributed by atoms with Gasteiger partial charge < -0.3 is 15.2 Å². The molecule has 0 fully saturated rings. The molecule has 1 atom stereocenters. The van der Waals surface area contributed by atoms with Crippen LogP contribution in [0.3, 0.4) is 0 Å². The maximum atomic E-state index is 14.0. The van der Waals surface area contributed by atoms with Crippen LogP contribution >= 0.6 is 11.3 Å². The van der Waals surface area contributed by atoms with Crippen molar-refractivity contribution in [2.45, 2.75) is 18.4 Å². The first-order valence-electron chi connectivity index (χ1n) is 10.5. The van der Waals surface area contributed by atoms with Crippen molar-refractivity contribution in [1.82, 2.24) is 5.32 Å². The zero-order valence-corrected chi connectivity index (χ0v) is 18.3. The van der Waals surface area contributed by atoms with Crippen LogP contribution in [0.2, 0.25) is 0 Å². The minimum Gasteiger partial charge on any atom is -0.480 e. The number of hydrogen-bond acceptors (Lipinski definition) is 4. The van der Waals surface area contributed by atoms with Crippen LogP contribution in [0.1, 0.15) is 22.6 Å². The number of fused-ring (bicyclic) bond motifs is 4. The van der Waals surface area contributed by atoms with E-state index < -0.39 is 18.1 Å². The van der Waals surface area contributed by atoms with Crippen LogP contribution in [0, 0.1) is 5.82 Å². The third kappa shape index (κ3) is 3.96. The molecule has 1 heterocycles. The molecule has 0 saturated carbocycles. The second-order valence-corrected chi connectivity index (χ2v) is 8.82. The number of carbonyl (C=O) groups excluding carboxylic acids is 1. The van der Waals surface area contributed by atoms with Crippen molar-refractivity contribution in [2.24, 2.45) is 0 Å². The summed E-state index contributed by atoms with van der Waals surface area (Å²) >= 11 is 1.22. The molecule has 33 heavy (non-hydrogen) atoms. The minimum absolute atomic E-state index is 0.0307. The van der Waals surface area contributed by atoms with Crippen molar-refractivity contribution in [2.75, 3.05) is 6.61 Å². The topological polar surface area (TPSA) is 75.6 Å². The lowest BCUT2D eigenvalue weighted by Crippen LogP contribution is -2.42. The van der Waals surface area contributed by atoms with Crippen molar-refractivity contribution >= 4 is 33.5 Å². The molecular weight excluding hydrogens is 441 g/mol. The van der Waals surface area contributed by atoms with Crippen LogP contribution in [0.5, 0.6) is 0 Å². The summed E-state index contributed by atoms with van der Waals surface area (Å²) in [5.74, 6) is -1.64. The molecule has 0 spiro atoms. The molecule has 1 aromatic heterocycles. The Morgan fingerprint density at radius 2 is 1.67 bits per heavy atom. The Labute approximate surface area is 193 Å². The SMILES string of the molecule is O=C(N[C@@H](Cc1csc2c(F)cccc12)C(=O)O)OCC1c2ccccc2-c2ccccc21. The van der Waals surface area contributed by atoms with Crippen LogP contribution in [0.25, 0.3) is 21.2 Å². The van der Waals surface area contributed by atoms with Gasteiger partial charge in [-0.05, 0) is 44.6 Å². The Bertz CT molecular complexity index is 1320. The highest BCUT2D eigenvalue weighted by Gasteiger charge is 2.30. The fourth-order valence-corrected chi connectivity index (χ4v) is 5.43. The molecule has 0 aliphatic heterocycles. The van der Waals surface area contributed by atoms with Crippen molar-refractivity contribution in [3.8, 4) is 11.1 Å². The number of alkyl carbamates (subject to hydrolysis) is 1. The molecule has 1 aliphatic rings. The van der Waals surface area contributed by atoms with Gasteiger partial charge in [-0.3, -0.25) is 0 Å². The van der Waals surface area contributed by atoms with Crippen molar-refractivity contribution in [1.29, 1.82) is 0 Å². The quantitative estimate of drug-likeness (QED) is 0.393. The van der Waals surface area contributed by atoms with E-state index in [0.717, 1.165) is 22.3 Å². The van der Waals surface area contributed by atoms with Gasteiger partial charge in [0, 0.05) is 12.3 Å². The van der Waals surface area contributed by atoms with Crippen molar-refractivity contribution in [3.63, 3.8) is 0 Å². The van der Waals surface area contributed by atoms with Gasteiger partial charge in [0.05, 0.1) is 4.70 Å². The third-order valence-corrected chi connectivity index (χ3v) is 7.04. The number of thiophene rings is 1. The summed E-state index contributed by atoms with van der Waals surface area (Å²) in [6, 6.07) is 19.5. The second kappa shape index (κ2) is 8.67. The van der Waals surface area contributed by atoms with Gasteiger partial charge in [-0.15, -0.1) is 11.3 Å². The van der Waals surface area contributed by atoms with Crippen LogP contribution in [-0.4, -0.2) is 29.8 Å². The summed E-state index contributed by atoms with van der Waals surface area (Å²) in [6.07, 6.45) is -0.766. The van der Waals surface area contributed by atoms with E-state index in [0.29, 0.717) is 15.6 Å². The number of ether oxygens (including phenoxy) is 1. The highest BCUT2D eigenvalue weighted by molar-refractivity contribution is 7.17. The molecule has 0 saturated heterocycles. The number of carboxylic acid groups (broad SMARTS) is 1. The second-order valence-electron chi connectivity index (χ2n) is 7.94. The summed E-state index contributed by atoms with van der Waals surface area (Å²) in [7, 11) is 0. The normalized spacial score (nSPS) is 13.4. The molecular formula is C26H20FNO4S. The van der Waals surface area contributed by atoms with E-state index in [-0.39, 0.29) is 24.8 Å². The molecule has 0 bridgehead atoms. The number of nitrogens with one attached hydrogen (secondary N) is 1. The average molecular weight is 462 g/mol. The standard InChI is InChI=1S/C26H20FNO4S/c27-22-11-5-10-16-15(14-33-24(16)22)12-23(25(29)30)28-26(31)32-13-21-19-8-3-1-6-17(19)18-7-2-4-9-20(18)21/h1-11,14,21,23H,12-13H2,(H,28,31)(H,29,30)/t23-/m0/s1. The van der Waals surface area contributed by atoms with Crippen molar-refractivity contribution in [3.05, 3.63) is 94.6 Å². The summed E-state index contributed by atoms with van der Waals surface area (Å²) < 4.78 is 19.9. The van der Waals surface area contributed by atoms with Gasteiger partial charge in [-0.25, -0.2) is 14.0 Å². The smallest absolute Gasteiger partial charge is 0.407 e. The molecule has 3 aromatic carbocycles. The van der Waals surface area contributed by atoms with E-state index in [1.807, 2.05) is 48.5 Å². The Kier molecular flexibility index (Phi) is 5.56. The predicted octanol–water partition coefficient (Wildman–Crippen LogP) is 5.57. The van der Waals surface area contributed by atoms with Gasteiger partial charge in [-0.1, -0.05) is 60.7 Å². The zero-order valence-electron chi connectivity index (χ0n) is 17.5. The van der Waals surface area contributed by atoms with Crippen LogP contribution in [-0.2, 0) is 16.0 Å². The molecule has 5 rings (SSSR count). The predicted molar refractivity (Wildman–Crippen MR) is 125 cm³/mol. The molecule has 2 N–H and O–H groups in total. The first-order chi connectivity index (χ1) is 16.0. The van der Waals surface area contributed by atoms with Gasteiger partial charge in [0.1, 0.15) is 18.5 Å². The number of amides is 1. The lowest BCUT2D eigenvalue weighted by molar-refractivity contribution is -0.139. The van der Waals surface area contributed by atoms with Crippen LogP contribution in [0.4, 0.5) is 9.18 Å². The van der Waals surface area contributed by atoms with Gasteiger partial charge in [0.15, 0.2) is 0 Å².